The van der Waals surface area contributed by atoms with Crippen LogP contribution in [0, 0.1) is 5.41 Å². The summed E-state index contributed by atoms with van der Waals surface area (Å²) in [6.07, 6.45) is -4.72. The molecule has 1 aliphatic carbocycles. The Bertz CT molecular complexity index is 1100. The Hall–Kier alpha value is -2.10. The first-order chi connectivity index (χ1) is 13.1. The zero-order valence-corrected chi connectivity index (χ0v) is 17.0. The smallest absolute Gasteiger partial charge is 0.369 e. The van der Waals surface area contributed by atoms with E-state index in [1.807, 2.05) is 0 Å². The van der Waals surface area contributed by atoms with Crippen molar-refractivity contribution in [2.24, 2.45) is 16.3 Å². The third-order valence-electron chi connectivity index (χ3n) is 5.73. The molecule has 1 aliphatic rings. The standard InChI is InChI=1S/C19H18ClF3N2O3S/c1-17(2)15(10-3-6-12(7-4-10)29(25,27)28)18(17,16(24)26)14-9-11(20)5-8-13(14)19(21,22)23/h3-9,15H,1-2H3,(H2,24,26)(H2,25,27,28). The first-order valence-electron chi connectivity index (χ1n) is 8.45. The highest BCUT2D eigenvalue weighted by molar-refractivity contribution is 7.89. The molecule has 4 N–H and O–H groups in total. The van der Waals surface area contributed by atoms with E-state index in [0.29, 0.717) is 5.56 Å². The molecule has 3 rings (SSSR count). The van der Waals surface area contributed by atoms with Gasteiger partial charge in [-0.3, -0.25) is 4.79 Å². The van der Waals surface area contributed by atoms with Crippen LogP contribution >= 0.6 is 11.6 Å². The molecule has 156 valence electrons. The number of rotatable bonds is 4. The predicted octanol–water partition coefficient (Wildman–Crippen LogP) is 3.55. The maximum absolute atomic E-state index is 13.7. The van der Waals surface area contributed by atoms with Crippen molar-refractivity contribution in [3.63, 3.8) is 0 Å². The maximum atomic E-state index is 13.7. The number of carbonyl (C=O) groups is 1. The van der Waals surface area contributed by atoms with Crippen LogP contribution in [0.15, 0.2) is 47.4 Å². The average molecular weight is 447 g/mol. The highest BCUT2D eigenvalue weighted by atomic mass is 35.5. The predicted molar refractivity (Wildman–Crippen MR) is 102 cm³/mol. The molecule has 0 radical (unpaired) electrons. The lowest BCUT2D eigenvalue weighted by molar-refractivity contribution is -0.139. The van der Waals surface area contributed by atoms with Gasteiger partial charge in [-0.2, -0.15) is 13.2 Å². The molecule has 0 aromatic heterocycles. The first kappa shape index (κ1) is 21.6. The number of hydrogen-bond donors (Lipinski definition) is 2. The topological polar surface area (TPSA) is 103 Å². The van der Waals surface area contributed by atoms with Gasteiger partial charge in [-0.25, -0.2) is 13.6 Å². The molecular weight excluding hydrogens is 429 g/mol. The fraction of sp³-hybridized carbons (Fsp3) is 0.316. The number of benzene rings is 2. The monoisotopic (exact) mass is 446 g/mol. The van der Waals surface area contributed by atoms with Crippen LogP contribution in [0.5, 0.6) is 0 Å². The minimum absolute atomic E-state index is 0.0413. The molecule has 2 aromatic carbocycles. The second-order valence-corrected chi connectivity index (χ2v) is 9.63. The van der Waals surface area contributed by atoms with E-state index in [1.54, 1.807) is 13.8 Å². The molecule has 0 bridgehead atoms. The summed E-state index contributed by atoms with van der Waals surface area (Å²) in [6.45, 7) is 3.27. The Kier molecular flexibility index (Phi) is 4.80. The molecular formula is C19H18ClF3N2O3S. The van der Waals surface area contributed by atoms with Crippen LogP contribution in [0.2, 0.25) is 5.02 Å². The van der Waals surface area contributed by atoms with E-state index < -0.39 is 44.4 Å². The van der Waals surface area contributed by atoms with E-state index in [0.717, 1.165) is 18.2 Å². The lowest BCUT2D eigenvalue weighted by Gasteiger charge is -2.23. The molecule has 2 unspecified atom stereocenters. The summed E-state index contributed by atoms with van der Waals surface area (Å²) in [6, 6.07) is 8.39. The second kappa shape index (κ2) is 6.45. The summed E-state index contributed by atoms with van der Waals surface area (Å²) in [5.74, 6) is -1.64. The molecule has 2 aromatic rings. The van der Waals surface area contributed by atoms with Crippen molar-refractivity contribution in [3.8, 4) is 0 Å². The maximum Gasteiger partial charge on any atom is 0.416 e. The zero-order chi connectivity index (χ0) is 22.0. The molecule has 1 saturated carbocycles. The number of hydrogen-bond acceptors (Lipinski definition) is 3. The Balaban J connectivity index is 2.23. The van der Waals surface area contributed by atoms with Crippen LogP contribution < -0.4 is 10.9 Å². The van der Waals surface area contributed by atoms with Gasteiger partial charge in [-0.1, -0.05) is 37.6 Å². The molecule has 2 atom stereocenters. The van der Waals surface area contributed by atoms with Gasteiger partial charge in [-0.05, 0) is 46.9 Å². The normalized spacial score (nSPS) is 23.6. The van der Waals surface area contributed by atoms with Crippen LogP contribution in [-0.2, 0) is 26.4 Å². The molecule has 1 fully saturated rings. The van der Waals surface area contributed by atoms with E-state index in [1.165, 1.54) is 24.3 Å². The summed E-state index contributed by atoms with van der Waals surface area (Å²) in [5, 5.41) is 5.13. The molecule has 5 nitrogen and oxygen atoms in total. The minimum atomic E-state index is -4.72. The molecule has 10 heteroatoms. The summed E-state index contributed by atoms with van der Waals surface area (Å²) in [4.78, 5) is 12.4. The van der Waals surface area contributed by atoms with Crippen LogP contribution in [0.1, 0.15) is 36.5 Å². The van der Waals surface area contributed by atoms with Gasteiger partial charge >= 0.3 is 6.18 Å². The van der Waals surface area contributed by atoms with Crippen molar-refractivity contribution in [2.75, 3.05) is 0 Å². The van der Waals surface area contributed by atoms with E-state index in [9.17, 15) is 26.4 Å². The summed E-state index contributed by atoms with van der Waals surface area (Å²) in [7, 11) is -3.94. The third kappa shape index (κ3) is 3.21. The minimum Gasteiger partial charge on any atom is -0.369 e. The van der Waals surface area contributed by atoms with Gasteiger partial charge < -0.3 is 5.73 Å². The molecule has 29 heavy (non-hydrogen) atoms. The summed E-state index contributed by atoms with van der Waals surface area (Å²) >= 11 is 5.96. The van der Waals surface area contributed by atoms with E-state index >= 15 is 0 Å². The van der Waals surface area contributed by atoms with Crippen molar-refractivity contribution in [2.45, 2.75) is 36.3 Å². The quantitative estimate of drug-likeness (QED) is 0.750. The Morgan fingerprint density at radius 3 is 2.10 bits per heavy atom. The van der Waals surface area contributed by atoms with Crippen molar-refractivity contribution in [1.29, 1.82) is 0 Å². The number of primary amides is 1. The van der Waals surface area contributed by atoms with Gasteiger partial charge in [-0.15, -0.1) is 0 Å². The largest absolute Gasteiger partial charge is 0.416 e. The summed E-state index contributed by atoms with van der Waals surface area (Å²) in [5.41, 5.74) is 2.19. The lowest BCUT2D eigenvalue weighted by atomic mass is 9.83. The molecule has 0 saturated heterocycles. The van der Waals surface area contributed by atoms with Crippen LogP contribution in [0.4, 0.5) is 13.2 Å². The third-order valence-corrected chi connectivity index (χ3v) is 6.89. The number of carbonyl (C=O) groups excluding carboxylic acids is 1. The number of nitrogens with two attached hydrogens (primary N) is 2. The average Bonchev–Trinajstić information content (AvgIpc) is 3.10. The number of sulfonamides is 1. The van der Waals surface area contributed by atoms with Crippen LogP contribution in [0.25, 0.3) is 0 Å². The van der Waals surface area contributed by atoms with Gasteiger partial charge in [0.25, 0.3) is 0 Å². The fourth-order valence-electron chi connectivity index (χ4n) is 4.47. The second-order valence-electron chi connectivity index (χ2n) is 7.63. The van der Waals surface area contributed by atoms with Crippen LogP contribution in [-0.4, -0.2) is 14.3 Å². The molecule has 0 spiro atoms. The van der Waals surface area contributed by atoms with Gasteiger partial charge in [0, 0.05) is 10.9 Å². The van der Waals surface area contributed by atoms with Gasteiger partial charge in [0.2, 0.25) is 15.9 Å². The van der Waals surface area contributed by atoms with Crippen LogP contribution in [0.3, 0.4) is 0 Å². The number of amides is 1. The van der Waals surface area contributed by atoms with Gasteiger partial charge in [0.1, 0.15) is 0 Å². The van der Waals surface area contributed by atoms with Crippen molar-refractivity contribution in [1.82, 2.24) is 0 Å². The Labute approximate surface area is 170 Å². The molecule has 1 amide bonds. The number of halogens is 4. The SMILES string of the molecule is CC1(C)C(c2ccc(S(N)(=O)=O)cc2)C1(C(N)=O)c1cc(Cl)ccc1C(F)(F)F. The van der Waals surface area contributed by atoms with Crippen molar-refractivity contribution < 1.29 is 26.4 Å². The highest BCUT2D eigenvalue weighted by Crippen LogP contribution is 2.75. The number of primary sulfonamides is 1. The Morgan fingerprint density at radius 2 is 1.66 bits per heavy atom. The van der Waals surface area contributed by atoms with E-state index in [4.69, 9.17) is 22.5 Å². The summed E-state index contributed by atoms with van der Waals surface area (Å²) < 4.78 is 64.0. The van der Waals surface area contributed by atoms with E-state index in [2.05, 4.69) is 0 Å². The zero-order valence-electron chi connectivity index (χ0n) is 15.4. The van der Waals surface area contributed by atoms with Gasteiger partial charge in [0.15, 0.2) is 0 Å². The molecule has 0 heterocycles. The lowest BCUT2D eigenvalue weighted by Crippen LogP contribution is -2.35. The van der Waals surface area contributed by atoms with Gasteiger partial charge in [0.05, 0.1) is 15.9 Å². The van der Waals surface area contributed by atoms with E-state index in [-0.39, 0.29) is 15.5 Å². The number of alkyl halides is 3. The molecule has 0 aliphatic heterocycles. The Morgan fingerprint density at radius 1 is 1.10 bits per heavy atom. The fourth-order valence-corrected chi connectivity index (χ4v) is 5.15. The van der Waals surface area contributed by atoms with Crippen molar-refractivity contribution in [3.05, 3.63) is 64.2 Å². The first-order valence-corrected chi connectivity index (χ1v) is 10.4. The van der Waals surface area contributed by atoms with Crippen molar-refractivity contribution >= 4 is 27.5 Å². The highest BCUT2D eigenvalue weighted by Gasteiger charge is 2.76.